The van der Waals surface area contributed by atoms with Crippen LogP contribution in [0.25, 0.3) is 45.6 Å². The molecule has 2 atom stereocenters. The first kappa shape index (κ1) is 24.1. The van der Waals surface area contributed by atoms with Crippen LogP contribution in [0.2, 0.25) is 0 Å². The fraction of sp³-hybridized carbons (Fsp3) is 0.0789. The third-order valence-electron chi connectivity index (χ3n) is 9.15. The molecule has 9 rings (SSSR count). The van der Waals surface area contributed by atoms with Crippen LogP contribution in [0.15, 0.2) is 140 Å². The molecule has 3 aliphatic carbocycles. The predicted octanol–water partition coefficient (Wildman–Crippen LogP) is 7.82. The lowest BCUT2D eigenvalue weighted by Crippen LogP contribution is -2.32. The molecule has 202 valence electrons. The Kier molecular flexibility index (Phi) is 5.17. The van der Waals surface area contributed by atoms with E-state index in [1.54, 1.807) is 12.4 Å². The maximum Gasteiger partial charge on any atom is 0.182 e. The van der Waals surface area contributed by atoms with Gasteiger partial charge >= 0.3 is 0 Å². The summed E-state index contributed by atoms with van der Waals surface area (Å²) in [6.45, 7) is 0. The molecule has 0 saturated carbocycles. The first-order chi connectivity index (χ1) is 21.3. The van der Waals surface area contributed by atoms with E-state index in [4.69, 9.17) is 15.0 Å². The molecule has 0 N–H and O–H groups in total. The minimum atomic E-state index is -0.314. The molecule has 5 heteroatoms. The van der Waals surface area contributed by atoms with E-state index in [1.165, 1.54) is 33.4 Å². The summed E-state index contributed by atoms with van der Waals surface area (Å²) in [6.07, 6.45) is 12.7. The smallest absolute Gasteiger partial charge is 0.182 e. The SMILES string of the molecule is C1=CC2c3ccc(-c4nc(-c5ccccn5)nc(-c5ccccn5)n4)cc3C3(c4ccccc4-c4ccccc43)C2C=C1. The van der Waals surface area contributed by atoms with E-state index in [9.17, 15) is 0 Å². The fourth-order valence-electron chi connectivity index (χ4n) is 7.47. The second-order valence-electron chi connectivity index (χ2n) is 11.3. The molecular formula is C38H25N5. The summed E-state index contributed by atoms with van der Waals surface area (Å²) in [4.78, 5) is 23.8. The van der Waals surface area contributed by atoms with Crippen LogP contribution in [0, 0.1) is 5.92 Å². The number of pyridine rings is 2. The monoisotopic (exact) mass is 551 g/mol. The van der Waals surface area contributed by atoms with Gasteiger partial charge in [0.05, 0.1) is 5.41 Å². The minimum absolute atomic E-state index is 0.263. The van der Waals surface area contributed by atoms with Crippen molar-refractivity contribution in [1.29, 1.82) is 0 Å². The molecule has 0 radical (unpaired) electrons. The highest BCUT2D eigenvalue weighted by Crippen LogP contribution is 2.65. The van der Waals surface area contributed by atoms with E-state index >= 15 is 0 Å². The van der Waals surface area contributed by atoms with Crippen LogP contribution in [0.1, 0.15) is 28.2 Å². The molecule has 6 aromatic rings. The van der Waals surface area contributed by atoms with Crippen LogP contribution in [-0.4, -0.2) is 24.9 Å². The van der Waals surface area contributed by atoms with E-state index in [-0.39, 0.29) is 17.3 Å². The van der Waals surface area contributed by atoms with Crippen LogP contribution < -0.4 is 0 Å². The van der Waals surface area contributed by atoms with Crippen molar-refractivity contribution in [3.8, 4) is 45.6 Å². The summed E-state index contributed by atoms with van der Waals surface area (Å²) in [5.41, 5.74) is 10.0. The average molecular weight is 552 g/mol. The van der Waals surface area contributed by atoms with Gasteiger partial charge in [0.2, 0.25) is 0 Å². The molecule has 0 aliphatic heterocycles. The highest BCUT2D eigenvalue weighted by molar-refractivity contribution is 5.86. The molecule has 3 heterocycles. The van der Waals surface area contributed by atoms with Gasteiger partial charge in [-0.3, -0.25) is 9.97 Å². The van der Waals surface area contributed by atoms with Crippen molar-refractivity contribution in [2.45, 2.75) is 11.3 Å². The third-order valence-corrected chi connectivity index (χ3v) is 9.15. The topological polar surface area (TPSA) is 64.5 Å². The Balaban J connectivity index is 1.31. The van der Waals surface area contributed by atoms with Crippen molar-refractivity contribution in [2.24, 2.45) is 5.92 Å². The van der Waals surface area contributed by atoms with Crippen molar-refractivity contribution < 1.29 is 0 Å². The largest absolute Gasteiger partial charge is 0.253 e. The minimum Gasteiger partial charge on any atom is -0.253 e. The summed E-state index contributed by atoms with van der Waals surface area (Å²) in [5.74, 6) is 2.20. The van der Waals surface area contributed by atoms with E-state index in [2.05, 4.69) is 101 Å². The highest BCUT2D eigenvalue weighted by atomic mass is 15.1. The van der Waals surface area contributed by atoms with E-state index in [0.29, 0.717) is 28.9 Å². The second kappa shape index (κ2) is 9.23. The number of aromatic nitrogens is 5. The van der Waals surface area contributed by atoms with E-state index in [1.807, 2.05) is 36.4 Å². The number of rotatable bonds is 3. The molecule has 1 spiro atoms. The Labute approximate surface area is 249 Å². The Morgan fingerprint density at radius 2 is 1.09 bits per heavy atom. The highest BCUT2D eigenvalue weighted by Gasteiger charge is 2.57. The Morgan fingerprint density at radius 1 is 0.512 bits per heavy atom. The molecule has 0 saturated heterocycles. The van der Waals surface area contributed by atoms with Crippen molar-refractivity contribution in [3.63, 3.8) is 0 Å². The molecule has 0 fully saturated rings. The Morgan fingerprint density at radius 3 is 1.72 bits per heavy atom. The first-order valence-electron chi connectivity index (χ1n) is 14.6. The van der Waals surface area contributed by atoms with Gasteiger partial charge in [-0.2, -0.15) is 0 Å². The van der Waals surface area contributed by atoms with E-state index in [0.717, 1.165) is 5.56 Å². The van der Waals surface area contributed by atoms with E-state index < -0.39 is 0 Å². The van der Waals surface area contributed by atoms with Gasteiger partial charge < -0.3 is 0 Å². The van der Waals surface area contributed by atoms with Crippen LogP contribution in [-0.2, 0) is 5.41 Å². The lowest BCUT2D eigenvalue weighted by Gasteiger charge is -2.36. The van der Waals surface area contributed by atoms with Crippen molar-refractivity contribution in [1.82, 2.24) is 24.9 Å². The normalized spacial score (nSPS) is 18.2. The third kappa shape index (κ3) is 3.42. The molecule has 43 heavy (non-hydrogen) atoms. The van der Waals surface area contributed by atoms with Crippen molar-refractivity contribution in [2.75, 3.05) is 0 Å². The van der Waals surface area contributed by atoms with Gasteiger partial charge in [0, 0.05) is 29.8 Å². The fourth-order valence-corrected chi connectivity index (χ4v) is 7.47. The van der Waals surface area contributed by atoms with Gasteiger partial charge in [-0.15, -0.1) is 0 Å². The van der Waals surface area contributed by atoms with Gasteiger partial charge in [-0.1, -0.05) is 97.1 Å². The maximum atomic E-state index is 4.98. The lowest BCUT2D eigenvalue weighted by molar-refractivity contribution is 0.465. The zero-order chi connectivity index (χ0) is 28.4. The molecule has 0 amide bonds. The number of fused-ring (bicyclic) bond motifs is 10. The van der Waals surface area contributed by atoms with Crippen molar-refractivity contribution >= 4 is 0 Å². The molecule has 2 unspecified atom stereocenters. The number of hydrogen-bond donors (Lipinski definition) is 0. The quantitative estimate of drug-likeness (QED) is 0.224. The average Bonchev–Trinajstić information content (AvgIpc) is 3.56. The van der Waals surface area contributed by atoms with Gasteiger partial charge in [0.15, 0.2) is 17.5 Å². The summed E-state index contributed by atoms with van der Waals surface area (Å²) < 4.78 is 0. The predicted molar refractivity (Wildman–Crippen MR) is 168 cm³/mol. The number of hydrogen-bond acceptors (Lipinski definition) is 5. The zero-order valence-electron chi connectivity index (χ0n) is 23.2. The molecule has 5 nitrogen and oxygen atoms in total. The van der Waals surface area contributed by atoms with Crippen LogP contribution in [0.4, 0.5) is 0 Å². The van der Waals surface area contributed by atoms with Crippen LogP contribution >= 0.6 is 0 Å². The summed E-state index contributed by atoms with van der Waals surface area (Å²) in [5, 5.41) is 0. The summed E-state index contributed by atoms with van der Waals surface area (Å²) in [7, 11) is 0. The van der Waals surface area contributed by atoms with Gasteiger partial charge in [0.1, 0.15) is 11.4 Å². The van der Waals surface area contributed by atoms with Crippen LogP contribution in [0.5, 0.6) is 0 Å². The molecular weight excluding hydrogens is 526 g/mol. The maximum absolute atomic E-state index is 4.98. The van der Waals surface area contributed by atoms with Gasteiger partial charge in [0.25, 0.3) is 0 Å². The lowest BCUT2D eigenvalue weighted by atomic mass is 9.65. The Bertz CT molecular complexity index is 2000. The van der Waals surface area contributed by atoms with Gasteiger partial charge in [-0.25, -0.2) is 15.0 Å². The second-order valence-corrected chi connectivity index (χ2v) is 11.3. The van der Waals surface area contributed by atoms with Crippen LogP contribution in [0.3, 0.4) is 0 Å². The standard InChI is InChI=1S/C38H25N5/c1-4-14-29-25(11-1)26-12-2-5-15-30(26)38(29)31-16-6-3-13-27(31)28-20-19-24(23-32(28)38)35-41-36(33-17-7-9-21-39-33)43-37(42-35)34-18-8-10-22-40-34/h1-23,27,31H. The molecule has 0 bridgehead atoms. The number of nitrogens with zero attached hydrogens (tertiary/aromatic N) is 5. The first-order valence-corrected chi connectivity index (χ1v) is 14.6. The molecule has 3 aromatic heterocycles. The number of benzene rings is 3. The van der Waals surface area contributed by atoms with Gasteiger partial charge in [-0.05, 0) is 63.7 Å². The Hall–Kier alpha value is -5.55. The summed E-state index contributed by atoms with van der Waals surface area (Å²) >= 11 is 0. The molecule has 3 aliphatic rings. The summed E-state index contributed by atoms with van der Waals surface area (Å²) in [6, 6.07) is 36.1. The van der Waals surface area contributed by atoms with Crippen molar-refractivity contribution in [3.05, 3.63) is 162 Å². The zero-order valence-corrected chi connectivity index (χ0v) is 23.2. The molecule has 3 aromatic carbocycles. The number of allylic oxidation sites excluding steroid dienone is 4.